The van der Waals surface area contributed by atoms with E-state index < -0.39 is 17.8 Å². The van der Waals surface area contributed by atoms with Crippen molar-refractivity contribution in [3.63, 3.8) is 0 Å². The zero-order valence-electron chi connectivity index (χ0n) is 9.54. The summed E-state index contributed by atoms with van der Waals surface area (Å²) in [6.07, 6.45) is 1.26. The Morgan fingerprint density at radius 3 is 2.88 bits per heavy atom. The molecule has 2 N–H and O–H groups in total. The lowest BCUT2D eigenvalue weighted by atomic mass is 10.1. The number of hydrogen-bond donors (Lipinski definition) is 2. The summed E-state index contributed by atoms with van der Waals surface area (Å²) in [4.78, 5) is 10.9. The van der Waals surface area contributed by atoms with Gasteiger partial charge in [0, 0.05) is 12.1 Å². The van der Waals surface area contributed by atoms with E-state index in [0.717, 1.165) is 6.42 Å². The van der Waals surface area contributed by atoms with Crippen molar-refractivity contribution in [2.45, 2.75) is 32.4 Å². The van der Waals surface area contributed by atoms with Crippen molar-refractivity contribution in [1.29, 1.82) is 0 Å². The SMILES string of the molecule is CCCC(NCc1cccc(Cl)c1F)C(=O)O. The molecule has 0 saturated heterocycles. The molecule has 3 nitrogen and oxygen atoms in total. The minimum Gasteiger partial charge on any atom is -0.480 e. The molecule has 0 aliphatic carbocycles. The molecule has 0 heterocycles. The van der Waals surface area contributed by atoms with Crippen LogP contribution in [0.5, 0.6) is 0 Å². The van der Waals surface area contributed by atoms with Gasteiger partial charge in [-0.05, 0) is 12.5 Å². The standard InChI is InChI=1S/C12H15ClFNO2/c1-2-4-10(12(16)17)15-7-8-5-3-6-9(13)11(8)14/h3,5-6,10,15H,2,4,7H2,1H3,(H,16,17). The summed E-state index contributed by atoms with van der Waals surface area (Å²) < 4.78 is 13.5. The molecule has 5 heteroatoms. The second-order valence-electron chi connectivity index (χ2n) is 3.77. The molecular formula is C12H15ClFNO2. The molecule has 0 bridgehead atoms. The third-order valence-corrected chi connectivity index (χ3v) is 2.74. The van der Waals surface area contributed by atoms with Crippen molar-refractivity contribution in [2.75, 3.05) is 0 Å². The van der Waals surface area contributed by atoms with E-state index in [4.69, 9.17) is 16.7 Å². The lowest BCUT2D eigenvalue weighted by molar-refractivity contribution is -0.139. The van der Waals surface area contributed by atoms with E-state index in [1.165, 1.54) is 6.07 Å². The molecule has 1 aromatic rings. The van der Waals surface area contributed by atoms with E-state index in [0.29, 0.717) is 12.0 Å². The molecule has 1 rings (SSSR count). The van der Waals surface area contributed by atoms with Crippen molar-refractivity contribution in [1.82, 2.24) is 5.32 Å². The maximum atomic E-state index is 13.5. The predicted octanol–water partition coefficient (Wildman–Crippen LogP) is 2.82. The molecule has 1 unspecified atom stereocenters. The number of rotatable bonds is 6. The number of nitrogens with one attached hydrogen (secondary N) is 1. The molecule has 94 valence electrons. The highest BCUT2D eigenvalue weighted by atomic mass is 35.5. The van der Waals surface area contributed by atoms with Crippen molar-refractivity contribution in [3.8, 4) is 0 Å². The number of benzene rings is 1. The Balaban J connectivity index is 2.65. The summed E-state index contributed by atoms with van der Waals surface area (Å²) in [7, 11) is 0. The summed E-state index contributed by atoms with van der Waals surface area (Å²) >= 11 is 5.63. The van der Waals surface area contributed by atoms with E-state index in [1.807, 2.05) is 6.92 Å². The fourth-order valence-electron chi connectivity index (χ4n) is 1.52. The van der Waals surface area contributed by atoms with Crippen molar-refractivity contribution in [3.05, 3.63) is 34.6 Å². The molecule has 0 aromatic heterocycles. The monoisotopic (exact) mass is 259 g/mol. The zero-order chi connectivity index (χ0) is 12.8. The number of aliphatic carboxylic acids is 1. The van der Waals surface area contributed by atoms with Crippen LogP contribution in [0.15, 0.2) is 18.2 Å². The molecular weight excluding hydrogens is 245 g/mol. The van der Waals surface area contributed by atoms with Gasteiger partial charge in [0.25, 0.3) is 0 Å². The molecule has 1 aromatic carbocycles. The third-order valence-electron chi connectivity index (χ3n) is 2.45. The molecule has 17 heavy (non-hydrogen) atoms. The normalized spacial score (nSPS) is 12.4. The summed E-state index contributed by atoms with van der Waals surface area (Å²) in [6, 6.07) is 4.02. The van der Waals surface area contributed by atoms with E-state index >= 15 is 0 Å². The van der Waals surface area contributed by atoms with Gasteiger partial charge in [-0.15, -0.1) is 0 Å². The van der Waals surface area contributed by atoms with Crippen LogP contribution < -0.4 is 5.32 Å². The first kappa shape index (κ1) is 13.9. The highest BCUT2D eigenvalue weighted by Crippen LogP contribution is 2.17. The van der Waals surface area contributed by atoms with Crippen LogP contribution in [0.1, 0.15) is 25.3 Å². The summed E-state index contributed by atoms with van der Waals surface area (Å²) in [5, 5.41) is 11.8. The van der Waals surface area contributed by atoms with Gasteiger partial charge in [0.1, 0.15) is 11.9 Å². The van der Waals surface area contributed by atoms with Gasteiger partial charge in [-0.25, -0.2) is 4.39 Å². The van der Waals surface area contributed by atoms with Crippen LogP contribution in [0.25, 0.3) is 0 Å². The van der Waals surface area contributed by atoms with Gasteiger partial charge in [0.05, 0.1) is 5.02 Å². The smallest absolute Gasteiger partial charge is 0.320 e. The third kappa shape index (κ3) is 3.98. The first-order valence-corrected chi connectivity index (χ1v) is 5.83. The first-order chi connectivity index (χ1) is 8.06. The van der Waals surface area contributed by atoms with Crippen LogP contribution in [-0.2, 0) is 11.3 Å². The highest BCUT2D eigenvalue weighted by Gasteiger charge is 2.16. The Morgan fingerprint density at radius 2 is 2.29 bits per heavy atom. The van der Waals surface area contributed by atoms with Gasteiger partial charge in [-0.2, -0.15) is 0 Å². The maximum Gasteiger partial charge on any atom is 0.320 e. The van der Waals surface area contributed by atoms with Gasteiger partial charge in [0.15, 0.2) is 0 Å². The van der Waals surface area contributed by atoms with Crippen LogP contribution in [0.2, 0.25) is 5.02 Å². The minimum absolute atomic E-state index is 0.0478. The summed E-state index contributed by atoms with van der Waals surface area (Å²) in [5.74, 6) is -1.42. The zero-order valence-corrected chi connectivity index (χ0v) is 10.3. The Labute approximate surface area is 105 Å². The number of halogens is 2. The molecule has 0 aliphatic rings. The van der Waals surface area contributed by atoms with Crippen molar-refractivity contribution in [2.24, 2.45) is 0 Å². The van der Waals surface area contributed by atoms with Crippen molar-refractivity contribution >= 4 is 17.6 Å². The number of carboxylic acid groups (broad SMARTS) is 1. The van der Waals surface area contributed by atoms with Crippen LogP contribution in [0.3, 0.4) is 0 Å². The quantitative estimate of drug-likeness (QED) is 0.826. The Kier molecular flexibility index (Phi) is 5.38. The lowest BCUT2D eigenvalue weighted by Gasteiger charge is -2.14. The average molecular weight is 260 g/mol. The molecule has 1 atom stereocenters. The molecule has 0 amide bonds. The largest absolute Gasteiger partial charge is 0.480 e. The number of carboxylic acids is 1. The second-order valence-corrected chi connectivity index (χ2v) is 4.18. The van der Waals surface area contributed by atoms with Gasteiger partial charge >= 0.3 is 5.97 Å². The van der Waals surface area contributed by atoms with Crippen molar-refractivity contribution < 1.29 is 14.3 Å². The molecule has 0 radical (unpaired) electrons. The van der Waals surface area contributed by atoms with Gasteiger partial charge in [-0.3, -0.25) is 4.79 Å². The Bertz CT molecular complexity index is 398. The topological polar surface area (TPSA) is 49.3 Å². The Hall–Kier alpha value is -1.13. The van der Waals surface area contributed by atoms with Crippen LogP contribution >= 0.6 is 11.6 Å². The van der Waals surface area contributed by atoms with Gasteiger partial charge < -0.3 is 10.4 Å². The van der Waals surface area contributed by atoms with Crippen LogP contribution in [-0.4, -0.2) is 17.1 Å². The fourth-order valence-corrected chi connectivity index (χ4v) is 1.71. The van der Waals surface area contributed by atoms with Crippen LogP contribution in [0.4, 0.5) is 4.39 Å². The average Bonchev–Trinajstić information content (AvgIpc) is 2.29. The van der Waals surface area contributed by atoms with Crippen LogP contribution in [0, 0.1) is 5.82 Å². The van der Waals surface area contributed by atoms with Gasteiger partial charge in [0.2, 0.25) is 0 Å². The lowest BCUT2D eigenvalue weighted by Crippen LogP contribution is -2.36. The molecule has 0 spiro atoms. The maximum absolute atomic E-state index is 13.5. The first-order valence-electron chi connectivity index (χ1n) is 5.45. The minimum atomic E-state index is -0.922. The second kappa shape index (κ2) is 6.57. The molecule has 0 aliphatic heterocycles. The Morgan fingerprint density at radius 1 is 1.59 bits per heavy atom. The predicted molar refractivity (Wildman–Crippen MR) is 64.6 cm³/mol. The summed E-state index contributed by atoms with van der Waals surface area (Å²) in [6.45, 7) is 2.06. The number of carbonyl (C=O) groups is 1. The highest BCUT2D eigenvalue weighted by molar-refractivity contribution is 6.30. The van der Waals surface area contributed by atoms with E-state index in [-0.39, 0.29) is 11.6 Å². The van der Waals surface area contributed by atoms with E-state index in [2.05, 4.69) is 5.32 Å². The van der Waals surface area contributed by atoms with Gasteiger partial charge in [-0.1, -0.05) is 37.1 Å². The molecule has 0 fully saturated rings. The van der Waals surface area contributed by atoms with E-state index in [9.17, 15) is 9.18 Å². The fraction of sp³-hybridized carbons (Fsp3) is 0.417. The van der Waals surface area contributed by atoms with E-state index in [1.54, 1.807) is 12.1 Å². The summed E-state index contributed by atoms with van der Waals surface area (Å²) in [5.41, 5.74) is 0.375. The number of hydrogen-bond acceptors (Lipinski definition) is 2. The molecule has 0 saturated carbocycles.